The number of pyridine rings is 1. The normalized spacial score (nSPS) is 10.0. The van der Waals surface area contributed by atoms with Crippen LogP contribution in [-0.4, -0.2) is 4.98 Å². The van der Waals surface area contributed by atoms with Gasteiger partial charge in [-0.15, -0.1) is 0 Å². The third kappa shape index (κ3) is 1.77. The summed E-state index contributed by atoms with van der Waals surface area (Å²) in [5.41, 5.74) is 1.69. The van der Waals surface area contributed by atoms with Gasteiger partial charge in [0.05, 0.1) is 12.4 Å². The molecule has 3 nitrogen and oxygen atoms in total. The van der Waals surface area contributed by atoms with Crippen molar-refractivity contribution in [3.8, 4) is 6.01 Å². The first kappa shape index (κ1) is 10.6. The molecule has 0 spiro atoms. The predicted molar refractivity (Wildman–Crippen MR) is 55.5 cm³/mol. The van der Waals surface area contributed by atoms with Crippen molar-refractivity contribution in [2.45, 2.75) is 0 Å². The van der Waals surface area contributed by atoms with Gasteiger partial charge in [-0.2, -0.15) is 4.57 Å². The second kappa shape index (κ2) is 4.33. The maximum atomic E-state index is 5.61. The van der Waals surface area contributed by atoms with Gasteiger partial charge in [-0.05, 0) is 24.3 Å². The first-order chi connectivity index (χ1) is 7.43. The molecule has 0 N–H and O–H groups in total. The van der Waals surface area contributed by atoms with E-state index in [-0.39, 0.29) is 12.4 Å². The molecule has 0 aliphatic carbocycles. The summed E-state index contributed by atoms with van der Waals surface area (Å²) >= 11 is 0. The fourth-order valence-corrected chi connectivity index (χ4v) is 1.50. The van der Waals surface area contributed by atoms with Gasteiger partial charge in [0.2, 0.25) is 5.52 Å². The summed E-state index contributed by atoms with van der Waals surface area (Å²) in [4.78, 5) is 4.38. The van der Waals surface area contributed by atoms with Gasteiger partial charge >= 0.3 is 6.01 Å². The number of halogens is 1. The highest BCUT2D eigenvalue weighted by Gasteiger charge is 2.15. The standard InChI is InChI=1S/C12H9N2O.ClH/c1-4-8-14(9-5-1)12-13-10-6-2-3-7-11(10)15-12;/h1-9H;1H/q+1;/p-1. The van der Waals surface area contributed by atoms with Crippen LogP contribution in [0.25, 0.3) is 17.1 Å². The molecular weight excluding hydrogens is 224 g/mol. The van der Waals surface area contributed by atoms with E-state index in [9.17, 15) is 0 Å². The van der Waals surface area contributed by atoms with Gasteiger partial charge in [0.1, 0.15) is 0 Å². The fraction of sp³-hybridized carbons (Fsp3) is 0. The van der Waals surface area contributed by atoms with E-state index in [0.717, 1.165) is 11.1 Å². The molecule has 0 amide bonds. The van der Waals surface area contributed by atoms with Gasteiger partial charge < -0.3 is 16.8 Å². The number of para-hydroxylation sites is 2. The van der Waals surface area contributed by atoms with E-state index >= 15 is 0 Å². The maximum Gasteiger partial charge on any atom is 0.509 e. The van der Waals surface area contributed by atoms with Crippen LogP contribution in [0.4, 0.5) is 0 Å². The molecule has 0 aliphatic rings. The maximum absolute atomic E-state index is 5.61. The Kier molecular flexibility index (Phi) is 2.88. The summed E-state index contributed by atoms with van der Waals surface area (Å²) in [5, 5.41) is 0. The van der Waals surface area contributed by atoms with E-state index < -0.39 is 0 Å². The van der Waals surface area contributed by atoms with Crippen molar-refractivity contribution in [2.75, 3.05) is 0 Å². The summed E-state index contributed by atoms with van der Waals surface area (Å²) in [7, 11) is 0. The van der Waals surface area contributed by atoms with Crippen LogP contribution in [0.5, 0.6) is 0 Å². The first-order valence-electron chi connectivity index (χ1n) is 4.76. The third-order valence-corrected chi connectivity index (χ3v) is 2.22. The van der Waals surface area contributed by atoms with Crippen molar-refractivity contribution in [3.63, 3.8) is 0 Å². The van der Waals surface area contributed by atoms with Crippen LogP contribution < -0.4 is 17.0 Å². The fourth-order valence-electron chi connectivity index (χ4n) is 1.50. The van der Waals surface area contributed by atoms with Crippen molar-refractivity contribution >= 4 is 11.1 Å². The van der Waals surface area contributed by atoms with E-state index in [1.165, 1.54) is 0 Å². The molecule has 0 saturated heterocycles. The van der Waals surface area contributed by atoms with E-state index in [0.29, 0.717) is 6.01 Å². The Morgan fingerprint density at radius 2 is 1.69 bits per heavy atom. The monoisotopic (exact) mass is 232 g/mol. The molecule has 0 atom stereocenters. The molecule has 16 heavy (non-hydrogen) atoms. The zero-order valence-electron chi connectivity index (χ0n) is 8.38. The Balaban J connectivity index is 0.000000963. The van der Waals surface area contributed by atoms with E-state index in [1.807, 2.05) is 59.4 Å². The molecule has 0 unspecified atom stereocenters. The molecule has 2 aromatic heterocycles. The van der Waals surface area contributed by atoms with Crippen molar-refractivity contribution in [3.05, 3.63) is 54.9 Å². The van der Waals surface area contributed by atoms with Crippen LogP contribution in [0.15, 0.2) is 59.3 Å². The van der Waals surface area contributed by atoms with Crippen LogP contribution in [0.3, 0.4) is 0 Å². The van der Waals surface area contributed by atoms with Gasteiger partial charge in [-0.1, -0.05) is 18.2 Å². The molecule has 0 radical (unpaired) electrons. The Hall–Kier alpha value is -1.87. The highest BCUT2D eigenvalue weighted by molar-refractivity contribution is 5.72. The summed E-state index contributed by atoms with van der Waals surface area (Å²) in [6.45, 7) is 0. The molecular formula is C12H9ClN2O. The lowest BCUT2D eigenvalue weighted by Gasteiger charge is -1.87. The highest BCUT2D eigenvalue weighted by Crippen LogP contribution is 2.13. The number of nitrogens with zero attached hydrogens (tertiary/aromatic N) is 2. The summed E-state index contributed by atoms with van der Waals surface area (Å²) in [5.74, 6) is 0. The van der Waals surface area contributed by atoms with Crippen LogP contribution in [-0.2, 0) is 0 Å². The number of hydrogen-bond acceptors (Lipinski definition) is 2. The molecule has 80 valence electrons. The lowest BCUT2D eigenvalue weighted by molar-refractivity contribution is -0.612. The Labute approximate surface area is 98.8 Å². The highest BCUT2D eigenvalue weighted by atomic mass is 35.5. The Morgan fingerprint density at radius 3 is 2.44 bits per heavy atom. The zero-order valence-corrected chi connectivity index (χ0v) is 9.13. The molecule has 3 aromatic rings. The molecule has 0 bridgehead atoms. The second-order valence-corrected chi connectivity index (χ2v) is 3.25. The number of hydrogen-bond donors (Lipinski definition) is 0. The van der Waals surface area contributed by atoms with E-state index in [1.54, 1.807) is 0 Å². The second-order valence-electron chi connectivity index (χ2n) is 3.25. The molecule has 0 saturated carbocycles. The minimum atomic E-state index is 0. The predicted octanol–water partition coefficient (Wildman–Crippen LogP) is -0.891. The zero-order chi connectivity index (χ0) is 10.1. The number of oxazole rings is 1. The molecule has 1 aromatic carbocycles. The van der Waals surface area contributed by atoms with Crippen LogP contribution >= 0.6 is 0 Å². The first-order valence-corrected chi connectivity index (χ1v) is 4.76. The Morgan fingerprint density at radius 1 is 0.938 bits per heavy atom. The summed E-state index contributed by atoms with van der Waals surface area (Å²) in [6.07, 6.45) is 3.81. The van der Waals surface area contributed by atoms with Crippen molar-refractivity contribution in [1.82, 2.24) is 4.98 Å². The smallest absolute Gasteiger partial charge is 0.509 e. The van der Waals surface area contributed by atoms with E-state index in [2.05, 4.69) is 4.98 Å². The Bertz CT molecular complexity index is 559. The third-order valence-electron chi connectivity index (χ3n) is 2.22. The van der Waals surface area contributed by atoms with Gasteiger partial charge in [-0.25, -0.2) is 0 Å². The number of benzene rings is 1. The molecule has 3 rings (SSSR count). The van der Waals surface area contributed by atoms with Crippen molar-refractivity contribution in [2.24, 2.45) is 0 Å². The molecule has 0 aliphatic heterocycles. The molecule has 4 heteroatoms. The SMILES string of the molecule is [Cl-].c1cc[n+](-c2nc3ccccc3o2)cc1. The number of fused-ring (bicyclic) bond motifs is 1. The van der Waals surface area contributed by atoms with Gasteiger partial charge in [0.25, 0.3) is 0 Å². The number of rotatable bonds is 1. The topological polar surface area (TPSA) is 29.9 Å². The van der Waals surface area contributed by atoms with Crippen LogP contribution in [0.2, 0.25) is 0 Å². The van der Waals surface area contributed by atoms with Crippen molar-refractivity contribution < 1.29 is 21.4 Å². The average Bonchev–Trinajstić information content (AvgIpc) is 2.74. The lowest BCUT2D eigenvalue weighted by atomic mass is 10.3. The lowest BCUT2D eigenvalue weighted by Crippen LogP contribution is -3.00. The quantitative estimate of drug-likeness (QED) is 0.510. The van der Waals surface area contributed by atoms with Gasteiger partial charge in [0, 0.05) is 4.98 Å². The number of aromatic nitrogens is 2. The summed E-state index contributed by atoms with van der Waals surface area (Å²) < 4.78 is 7.45. The minimum Gasteiger partial charge on any atom is -1.00 e. The molecule has 0 fully saturated rings. The largest absolute Gasteiger partial charge is 1.00 e. The average molecular weight is 233 g/mol. The minimum absolute atomic E-state index is 0. The summed E-state index contributed by atoms with van der Waals surface area (Å²) in [6, 6.07) is 14.2. The van der Waals surface area contributed by atoms with Crippen LogP contribution in [0, 0.1) is 0 Å². The van der Waals surface area contributed by atoms with Gasteiger partial charge in [-0.3, -0.25) is 0 Å². The molecule has 2 heterocycles. The van der Waals surface area contributed by atoms with Gasteiger partial charge in [0.15, 0.2) is 5.58 Å². The van der Waals surface area contributed by atoms with E-state index in [4.69, 9.17) is 4.42 Å². The van der Waals surface area contributed by atoms with Crippen LogP contribution in [0.1, 0.15) is 0 Å². The van der Waals surface area contributed by atoms with Crippen molar-refractivity contribution in [1.29, 1.82) is 0 Å².